The summed E-state index contributed by atoms with van der Waals surface area (Å²) in [5.74, 6) is -0.000970. The molecular weight excluding hydrogens is 297 g/mol. The summed E-state index contributed by atoms with van der Waals surface area (Å²) in [6.45, 7) is 0.819. The van der Waals surface area contributed by atoms with Crippen LogP contribution in [0.1, 0.15) is 42.2 Å². The molecule has 1 saturated heterocycles. The Balaban J connectivity index is 1.57. The lowest BCUT2D eigenvalue weighted by molar-refractivity contribution is -0.132. The summed E-state index contributed by atoms with van der Waals surface area (Å²) in [7, 11) is 0. The average Bonchev–Trinajstić information content (AvgIpc) is 3.19. The molecule has 116 valence electrons. The molecule has 1 fully saturated rings. The molecule has 2 aromatic rings. The van der Waals surface area contributed by atoms with Crippen molar-refractivity contribution in [2.75, 3.05) is 6.54 Å². The van der Waals surface area contributed by atoms with E-state index in [0.29, 0.717) is 6.42 Å². The standard InChI is InChI=1S/C18H20FNOS/c19-15-10-8-14(9-11-15)17-6-2-12-20(17)18(21)7-1-4-16-5-3-13-22-16/h3,5,8-11,13,17H,1-2,4,6-7,12H2/t17-/m1/s1. The summed E-state index contributed by atoms with van der Waals surface area (Å²) in [5, 5.41) is 2.07. The zero-order valence-electron chi connectivity index (χ0n) is 12.5. The van der Waals surface area contributed by atoms with Crippen LogP contribution in [0.25, 0.3) is 0 Å². The largest absolute Gasteiger partial charge is 0.336 e. The molecule has 3 rings (SSSR count). The van der Waals surface area contributed by atoms with Crippen LogP contribution >= 0.6 is 11.3 Å². The number of hydrogen-bond donors (Lipinski definition) is 0. The second-order valence-electron chi connectivity index (χ2n) is 5.73. The van der Waals surface area contributed by atoms with Gasteiger partial charge in [0.05, 0.1) is 6.04 Å². The predicted octanol–water partition coefficient (Wildman–Crippen LogP) is 4.57. The van der Waals surface area contributed by atoms with Gasteiger partial charge >= 0.3 is 0 Å². The van der Waals surface area contributed by atoms with Crippen LogP contribution in [0, 0.1) is 5.82 Å². The van der Waals surface area contributed by atoms with Crippen LogP contribution in [-0.4, -0.2) is 17.4 Å². The average molecular weight is 317 g/mol. The van der Waals surface area contributed by atoms with Crippen molar-refractivity contribution in [1.29, 1.82) is 0 Å². The minimum Gasteiger partial charge on any atom is -0.336 e. The van der Waals surface area contributed by atoms with E-state index in [4.69, 9.17) is 0 Å². The molecule has 2 heterocycles. The van der Waals surface area contributed by atoms with E-state index < -0.39 is 0 Å². The van der Waals surface area contributed by atoms with Crippen LogP contribution in [0.2, 0.25) is 0 Å². The highest BCUT2D eigenvalue weighted by atomic mass is 32.1. The van der Waals surface area contributed by atoms with Crippen LogP contribution in [0.3, 0.4) is 0 Å². The van der Waals surface area contributed by atoms with Gasteiger partial charge in [0.25, 0.3) is 0 Å². The molecule has 22 heavy (non-hydrogen) atoms. The first-order valence-electron chi connectivity index (χ1n) is 7.81. The first-order valence-corrected chi connectivity index (χ1v) is 8.69. The van der Waals surface area contributed by atoms with Crippen LogP contribution in [0.4, 0.5) is 4.39 Å². The summed E-state index contributed by atoms with van der Waals surface area (Å²) in [6, 6.07) is 10.9. The topological polar surface area (TPSA) is 20.3 Å². The molecule has 1 aliphatic heterocycles. The maximum absolute atomic E-state index is 13.1. The van der Waals surface area contributed by atoms with Gasteiger partial charge in [0.1, 0.15) is 5.82 Å². The highest BCUT2D eigenvalue weighted by Crippen LogP contribution is 2.32. The van der Waals surface area contributed by atoms with Gasteiger partial charge in [0.15, 0.2) is 0 Å². The number of nitrogens with zero attached hydrogens (tertiary/aromatic N) is 1. The Hall–Kier alpha value is -1.68. The number of benzene rings is 1. The molecule has 0 spiro atoms. The fraction of sp³-hybridized carbons (Fsp3) is 0.389. The van der Waals surface area contributed by atoms with Gasteiger partial charge < -0.3 is 4.90 Å². The number of carbonyl (C=O) groups excluding carboxylic acids is 1. The maximum Gasteiger partial charge on any atom is 0.223 e. The third-order valence-electron chi connectivity index (χ3n) is 4.22. The quantitative estimate of drug-likeness (QED) is 0.791. The lowest BCUT2D eigenvalue weighted by Gasteiger charge is -2.25. The second kappa shape index (κ2) is 7.05. The second-order valence-corrected chi connectivity index (χ2v) is 6.76. The number of amides is 1. The summed E-state index contributed by atoms with van der Waals surface area (Å²) in [4.78, 5) is 15.8. The van der Waals surface area contributed by atoms with Gasteiger partial charge in [-0.1, -0.05) is 18.2 Å². The number of carbonyl (C=O) groups is 1. The van der Waals surface area contributed by atoms with Crippen LogP contribution in [0.5, 0.6) is 0 Å². The molecule has 1 aromatic heterocycles. The first kappa shape index (κ1) is 15.2. The van der Waals surface area contributed by atoms with Crippen molar-refractivity contribution < 1.29 is 9.18 Å². The zero-order chi connectivity index (χ0) is 15.4. The molecule has 4 heteroatoms. The van der Waals surface area contributed by atoms with Crippen molar-refractivity contribution >= 4 is 17.2 Å². The van der Waals surface area contributed by atoms with Crippen molar-refractivity contribution in [1.82, 2.24) is 4.90 Å². The number of likely N-dealkylation sites (tertiary alicyclic amines) is 1. The molecule has 1 aliphatic rings. The van der Waals surface area contributed by atoms with E-state index in [1.165, 1.54) is 17.0 Å². The fourth-order valence-corrected chi connectivity index (χ4v) is 3.86. The zero-order valence-corrected chi connectivity index (χ0v) is 13.3. The number of hydrogen-bond acceptors (Lipinski definition) is 2. The number of rotatable bonds is 5. The third-order valence-corrected chi connectivity index (χ3v) is 5.16. The van der Waals surface area contributed by atoms with Gasteiger partial charge in [0.2, 0.25) is 5.91 Å². The van der Waals surface area contributed by atoms with E-state index >= 15 is 0 Å². The van der Waals surface area contributed by atoms with Gasteiger partial charge in [-0.2, -0.15) is 0 Å². The van der Waals surface area contributed by atoms with Crippen LogP contribution < -0.4 is 0 Å². The molecular formula is C18H20FNOS. The van der Waals surface area contributed by atoms with Crippen LogP contribution in [-0.2, 0) is 11.2 Å². The number of aryl methyl sites for hydroxylation is 1. The lowest BCUT2D eigenvalue weighted by Crippen LogP contribution is -2.30. The smallest absolute Gasteiger partial charge is 0.223 e. The van der Waals surface area contributed by atoms with E-state index in [-0.39, 0.29) is 17.8 Å². The van der Waals surface area contributed by atoms with E-state index in [0.717, 1.165) is 37.8 Å². The minimum atomic E-state index is -0.226. The summed E-state index contributed by atoms with van der Waals surface area (Å²) in [6.07, 6.45) is 4.46. The summed E-state index contributed by atoms with van der Waals surface area (Å²) in [5.41, 5.74) is 1.05. The SMILES string of the molecule is O=C(CCCc1cccs1)N1CCC[C@@H]1c1ccc(F)cc1. The summed E-state index contributed by atoms with van der Waals surface area (Å²) < 4.78 is 13.1. The monoisotopic (exact) mass is 317 g/mol. The molecule has 1 amide bonds. The van der Waals surface area contributed by atoms with Crippen molar-refractivity contribution in [2.24, 2.45) is 0 Å². The van der Waals surface area contributed by atoms with Crippen molar-refractivity contribution in [2.45, 2.75) is 38.1 Å². The Morgan fingerprint density at radius 3 is 2.82 bits per heavy atom. The van der Waals surface area contributed by atoms with Crippen molar-refractivity contribution in [3.05, 3.63) is 58.0 Å². The van der Waals surface area contributed by atoms with Gasteiger partial charge in [-0.25, -0.2) is 4.39 Å². The highest BCUT2D eigenvalue weighted by Gasteiger charge is 2.29. The minimum absolute atomic E-state index is 0.120. The molecule has 0 N–H and O–H groups in total. The van der Waals surface area contributed by atoms with Crippen LogP contribution in [0.15, 0.2) is 41.8 Å². The number of halogens is 1. The Kier molecular flexibility index (Phi) is 4.88. The Labute approximate surface area is 134 Å². The normalized spacial score (nSPS) is 17.9. The molecule has 1 atom stereocenters. The predicted molar refractivity (Wildman–Crippen MR) is 87.3 cm³/mol. The molecule has 0 unspecified atom stereocenters. The Bertz CT molecular complexity index is 609. The van der Waals surface area contributed by atoms with E-state index in [9.17, 15) is 9.18 Å². The lowest BCUT2D eigenvalue weighted by atomic mass is 10.0. The molecule has 0 radical (unpaired) electrons. The first-order chi connectivity index (χ1) is 10.7. The molecule has 1 aromatic carbocycles. The van der Waals surface area contributed by atoms with Gasteiger partial charge in [-0.15, -0.1) is 11.3 Å². The molecule has 0 saturated carbocycles. The van der Waals surface area contributed by atoms with E-state index in [2.05, 4.69) is 11.4 Å². The fourth-order valence-electron chi connectivity index (χ4n) is 3.11. The van der Waals surface area contributed by atoms with Gasteiger partial charge in [0, 0.05) is 17.8 Å². The van der Waals surface area contributed by atoms with Crippen molar-refractivity contribution in [3.63, 3.8) is 0 Å². The highest BCUT2D eigenvalue weighted by molar-refractivity contribution is 7.09. The summed E-state index contributed by atoms with van der Waals surface area (Å²) >= 11 is 1.75. The number of thiophene rings is 1. The molecule has 0 bridgehead atoms. The maximum atomic E-state index is 13.1. The van der Waals surface area contributed by atoms with Gasteiger partial charge in [-0.05, 0) is 54.8 Å². The van der Waals surface area contributed by atoms with Gasteiger partial charge in [-0.3, -0.25) is 4.79 Å². The van der Waals surface area contributed by atoms with Crippen molar-refractivity contribution in [3.8, 4) is 0 Å². The van der Waals surface area contributed by atoms with E-state index in [1.807, 2.05) is 11.0 Å². The Morgan fingerprint density at radius 1 is 1.27 bits per heavy atom. The molecule has 0 aliphatic carbocycles. The van der Waals surface area contributed by atoms with E-state index in [1.54, 1.807) is 23.5 Å². The third kappa shape index (κ3) is 3.55. The Morgan fingerprint density at radius 2 is 2.09 bits per heavy atom. The molecule has 2 nitrogen and oxygen atoms in total.